The molecular formula is C27H21ClN2O4. The van der Waals surface area contributed by atoms with E-state index in [1.54, 1.807) is 48.5 Å². The largest absolute Gasteiger partial charge is 0.494 e. The van der Waals surface area contributed by atoms with Crippen LogP contribution in [0.4, 0.5) is 0 Å². The number of carbonyl (C=O) groups is 1. The van der Waals surface area contributed by atoms with Gasteiger partial charge in [0.1, 0.15) is 28.9 Å². The zero-order valence-electron chi connectivity index (χ0n) is 18.3. The van der Waals surface area contributed by atoms with E-state index in [0.29, 0.717) is 34.5 Å². The first-order valence-corrected chi connectivity index (χ1v) is 11.0. The molecular weight excluding hydrogens is 452 g/mol. The minimum Gasteiger partial charge on any atom is -0.494 e. The maximum absolute atomic E-state index is 12.3. The molecule has 0 radical (unpaired) electrons. The van der Waals surface area contributed by atoms with Gasteiger partial charge in [-0.05, 0) is 54.5 Å². The van der Waals surface area contributed by atoms with Gasteiger partial charge in [-0.1, -0.05) is 41.9 Å². The number of fused-ring (bicyclic) bond motifs is 1. The molecule has 0 aromatic heterocycles. The standard InChI is InChI=1S/C27H21ClN2O4/c1-2-32-20-5-3-4-18(14-20)26-22-12-11-21(15-24(22)34-27(30)23(26)16-29)33-25(31)13-8-17-6-9-19(28)10-7-17/h3-15,26H,2,30H2,1H3/b13-8+. The van der Waals surface area contributed by atoms with Gasteiger partial charge < -0.3 is 19.9 Å². The third kappa shape index (κ3) is 5.06. The third-order valence-corrected chi connectivity index (χ3v) is 5.45. The predicted octanol–water partition coefficient (Wildman–Crippen LogP) is 5.58. The number of hydrogen-bond acceptors (Lipinski definition) is 6. The number of hydrogen-bond donors (Lipinski definition) is 1. The Morgan fingerprint density at radius 3 is 2.68 bits per heavy atom. The van der Waals surface area contributed by atoms with Crippen molar-refractivity contribution in [2.24, 2.45) is 5.73 Å². The molecule has 170 valence electrons. The molecule has 3 aromatic rings. The lowest BCUT2D eigenvalue weighted by Crippen LogP contribution is -2.21. The van der Waals surface area contributed by atoms with Crippen molar-refractivity contribution in [2.75, 3.05) is 6.61 Å². The number of carbonyl (C=O) groups excluding carboxylic acids is 1. The first kappa shape index (κ1) is 23.0. The van der Waals surface area contributed by atoms with Crippen LogP contribution in [-0.2, 0) is 4.79 Å². The van der Waals surface area contributed by atoms with Crippen molar-refractivity contribution in [3.8, 4) is 23.3 Å². The highest BCUT2D eigenvalue weighted by Crippen LogP contribution is 2.44. The molecule has 0 saturated carbocycles. The molecule has 4 rings (SSSR count). The summed E-state index contributed by atoms with van der Waals surface area (Å²) in [5.41, 5.74) is 8.77. The molecule has 0 bridgehead atoms. The Morgan fingerprint density at radius 1 is 1.15 bits per heavy atom. The topological polar surface area (TPSA) is 94.6 Å². The van der Waals surface area contributed by atoms with Crippen LogP contribution in [0.5, 0.6) is 17.2 Å². The van der Waals surface area contributed by atoms with Crippen LogP contribution >= 0.6 is 11.6 Å². The molecule has 7 heteroatoms. The van der Waals surface area contributed by atoms with Crippen molar-refractivity contribution in [2.45, 2.75) is 12.8 Å². The lowest BCUT2D eigenvalue weighted by atomic mass is 9.83. The summed E-state index contributed by atoms with van der Waals surface area (Å²) in [4.78, 5) is 12.3. The quantitative estimate of drug-likeness (QED) is 0.286. The fraction of sp³-hybridized carbons (Fsp3) is 0.111. The number of nitrogens with two attached hydrogens (primary N) is 1. The summed E-state index contributed by atoms with van der Waals surface area (Å²) in [6, 6.07) is 21.7. The van der Waals surface area contributed by atoms with Crippen LogP contribution in [0.2, 0.25) is 5.02 Å². The van der Waals surface area contributed by atoms with Gasteiger partial charge in [-0.3, -0.25) is 0 Å². The molecule has 0 spiro atoms. The lowest BCUT2D eigenvalue weighted by molar-refractivity contribution is -0.128. The second-order valence-corrected chi connectivity index (χ2v) is 7.87. The molecule has 0 aliphatic carbocycles. The van der Waals surface area contributed by atoms with Crippen molar-refractivity contribution in [1.29, 1.82) is 5.26 Å². The number of nitriles is 1. The zero-order valence-corrected chi connectivity index (χ0v) is 19.1. The number of nitrogens with zero attached hydrogens (tertiary/aromatic N) is 1. The van der Waals surface area contributed by atoms with Gasteiger partial charge in [0.05, 0.1) is 12.5 Å². The predicted molar refractivity (Wildman–Crippen MR) is 129 cm³/mol. The number of halogens is 1. The first-order chi connectivity index (χ1) is 16.5. The number of esters is 1. The number of rotatable bonds is 6. The molecule has 1 unspecified atom stereocenters. The molecule has 3 aromatic carbocycles. The summed E-state index contributed by atoms with van der Waals surface area (Å²) >= 11 is 5.88. The van der Waals surface area contributed by atoms with E-state index in [1.807, 2.05) is 31.2 Å². The molecule has 1 atom stereocenters. The van der Waals surface area contributed by atoms with Gasteiger partial charge in [0.15, 0.2) is 0 Å². The molecule has 0 fully saturated rings. The Balaban J connectivity index is 1.60. The van der Waals surface area contributed by atoms with E-state index in [0.717, 1.165) is 16.7 Å². The molecule has 6 nitrogen and oxygen atoms in total. The average Bonchev–Trinajstić information content (AvgIpc) is 2.83. The Labute approximate surface area is 202 Å². The number of ether oxygens (including phenoxy) is 3. The number of benzene rings is 3. The van der Waals surface area contributed by atoms with Crippen LogP contribution in [0.3, 0.4) is 0 Å². The maximum atomic E-state index is 12.3. The maximum Gasteiger partial charge on any atom is 0.336 e. The summed E-state index contributed by atoms with van der Waals surface area (Å²) < 4.78 is 16.8. The van der Waals surface area contributed by atoms with Gasteiger partial charge in [-0.2, -0.15) is 5.26 Å². The van der Waals surface area contributed by atoms with Crippen molar-refractivity contribution in [3.63, 3.8) is 0 Å². The number of allylic oxidation sites excluding steroid dienone is 1. The zero-order chi connectivity index (χ0) is 24.1. The van der Waals surface area contributed by atoms with Crippen LogP contribution in [-0.4, -0.2) is 12.6 Å². The highest BCUT2D eigenvalue weighted by Gasteiger charge is 2.31. The summed E-state index contributed by atoms with van der Waals surface area (Å²) in [7, 11) is 0. The summed E-state index contributed by atoms with van der Waals surface area (Å²) in [6.45, 7) is 2.43. The molecule has 0 amide bonds. The van der Waals surface area contributed by atoms with Crippen molar-refractivity contribution in [1.82, 2.24) is 0 Å². The van der Waals surface area contributed by atoms with Crippen LogP contribution in [0.25, 0.3) is 6.08 Å². The summed E-state index contributed by atoms with van der Waals surface area (Å²) in [5, 5.41) is 10.4. The first-order valence-electron chi connectivity index (χ1n) is 10.6. The Bertz CT molecular complexity index is 1320. The van der Waals surface area contributed by atoms with Crippen molar-refractivity contribution in [3.05, 3.63) is 106 Å². The lowest BCUT2D eigenvalue weighted by Gasteiger charge is -2.27. The van der Waals surface area contributed by atoms with Gasteiger partial charge in [0, 0.05) is 22.7 Å². The van der Waals surface area contributed by atoms with Crippen molar-refractivity contribution < 1.29 is 19.0 Å². The minimum absolute atomic E-state index is 0.00734. The highest BCUT2D eigenvalue weighted by molar-refractivity contribution is 6.30. The smallest absolute Gasteiger partial charge is 0.336 e. The summed E-state index contributed by atoms with van der Waals surface area (Å²) in [5.74, 6) is 0.418. The fourth-order valence-electron chi connectivity index (χ4n) is 3.68. The van der Waals surface area contributed by atoms with Crippen LogP contribution in [0.1, 0.15) is 29.5 Å². The van der Waals surface area contributed by atoms with Gasteiger partial charge in [-0.25, -0.2) is 4.79 Å². The van der Waals surface area contributed by atoms with E-state index >= 15 is 0 Å². The Morgan fingerprint density at radius 2 is 1.94 bits per heavy atom. The average molecular weight is 473 g/mol. The van der Waals surface area contributed by atoms with Crippen LogP contribution < -0.4 is 19.9 Å². The molecule has 0 saturated heterocycles. The Hall–Kier alpha value is -4.21. The van der Waals surface area contributed by atoms with E-state index in [2.05, 4.69) is 6.07 Å². The van der Waals surface area contributed by atoms with Gasteiger partial charge in [-0.15, -0.1) is 0 Å². The second kappa shape index (κ2) is 10.2. The normalized spacial score (nSPS) is 14.8. The second-order valence-electron chi connectivity index (χ2n) is 7.44. The van der Waals surface area contributed by atoms with Crippen LogP contribution in [0.15, 0.2) is 84.3 Å². The molecule has 1 heterocycles. The Kier molecular flexibility index (Phi) is 6.86. The third-order valence-electron chi connectivity index (χ3n) is 5.19. The van der Waals surface area contributed by atoms with Gasteiger partial charge in [0.2, 0.25) is 5.88 Å². The molecule has 34 heavy (non-hydrogen) atoms. The van der Waals surface area contributed by atoms with E-state index < -0.39 is 11.9 Å². The van der Waals surface area contributed by atoms with E-state index in [1.165, 1.54) is 6.08 Å². The van der Waals surface area contributed by atoms with Crippen LogP contribution in [0, 0.1) is 11.3 Å². The molecule has 1 aliphatic heterocycles. The minimum atomic E-state index is -0.548. The van der Waals surface area contributed by atoms with Crippen molar-refractivity contribution >= 4 is 23.6 Å². The SMILES string of the molecule is CCOc1cccc(C2C(C#N)=C(N)Oc3cc(OC(=O)/C=C/c4ccc(Cl)cc4)ccc32)c1. The fourth-order valence-corrected chi connectivity index (χ4v) is 3.81. The van der Waals surface area contributed by atoms with Gasteiger partial charge in [0.25, 0.3) is 0 Å². The molecule has 2 N–H and O–H groups in total. The van der Waals surface area contributed by atoms with E-state index in [4.69, 9.17) is 31.5 Å². The van der Waals surface area contributed by atoms with Gasteiger partial charge >= 0.3 is 5.97 Å². The monoisotopic (exact) mass is 472 g/mol. The summed E-state index contributed by atoms with van der Waals surface area (Å²) in [6.07, 6.45) is 2.96. The van der Waals surface area contributed by atoms with E-state index in [-0.39, 0.29) is 5.88 Å². The van der Waals surface area contributed by atoms with E-state index in [9.17, 15) is 10.1 Å². The highest BCUT2D eigenvalue weighted by atomic mass is 35.5. The molecule has 1 aliphatic rings.